The second-order valence-corrected chi connectivity index (χ2v) is 8.35. The number of halogens is 2. The van der Waals surface area contributed by atoms with Crippen molar-refractivity contribution in [2.75, 3.05) is 0 Å². The summed E-state index contributed by atoms with van der Waals surface area (Å²) in [6.07, 6.45) is 5.16. The van der Waals surface area contributed by atoms with Gasteiger partial charge in [-0.05, 0) is 48.2 Å². The van der Waals surface area contributed by atoms with Gasteiger partial charge in [-0.1, -0.05) is 69.0 Å². The molecule has 4 heteroatoms. The van der Waals surface area contributed by atoms with E-state index in [1.54, 1.807) is 0 Å². The van der Waals surface area contributed by atoms with Gasteiger partial charge in [0, 0.05) is 34.1 Å². The van der Waals surface area contributed by atoms with Gasteiger partial charge in [-0.3, -0.25) is 0 Å². The third kappa shape index (κ3) is 5.41. The van der Waals surface area contributed by atoms with Crippen molar-refractivity contribution in [1.29, 1.82) is 0 Å². The van der Waals surface area contributed by atoms with E-state index in [9.17, 15) is 0 Å². The van der Waals surface area contributed by atoms with Crippen LogP contribution in [0, 0.1) is 0 Å². The van der Waals surface area contributed by atoms with E-state index in [-0.39, 0.29) is 0 Å². The molecule has 2 aromatic rings. The van der Waals surface area contributed by atoms with Crippen molar-refractivity contribution in [1.82, 2.24) is 10.6 Å². The van der Waals surface area contributed by atoms with Gasteiger partial charge in [-0.25, -0.2) is 0 Å². The molecule has 0 spiro atoms. The molecule has 0 saturated heterocycles. The SMILES string of the molecule is Brc1cccc(CN[C@H]2CCCC[C@@H]2NCc2cccc(Br)c2)c1. The lowest BCUT2D eigenvalue weighted by Gasteiger charge is -2.33. The average molecular weight is 452 g/mol. The molecule has 0 aromatic heterocycles. The molecule has 0 aliphatic heterocycles. The largest absolute Gasteiger partial charge is 0.308 e. The van der Waals surface area contributed by atoms with Crippen molar-refractivity contribution in [3.63, 3.8) is 0 Å². The molecule has 0 unspecified atom stereocenters. The zero-order chi connectivity index (χ0) is 16.8. The van der Waals surface area contributed by atoms with E-state index in [1.807, 2.05) is 0 Å². The van der Waals surface area contributed by atoms with Crippen LogP contribution in [-0.2, 0) is 13.1 Å². The maximum atomic E-state index is 3.77. The highest BCUT2D eigenvalue weighted by Crippen LogP contribution is 2.20. The van der Waals surface area contributed by atoms with E-state index < -0.39 is 0 Å². The summed E-state index contributed by atoms with van der Waals surface area (Å²) in [5, 5.41) is 7.54. The summed E-state index contributed by atoms with van der Waals surface area (Å²) in [7, 11) is 0. The second-order valence-electron chi connectivity index (χ2n) is 6.52. The molecular weight excluding hydrogens is 428 g/mol. The Balaban J connectivity index is 1.55. The van der Waals surface area contributed by atoms with Gasteiger partial charge < -0.3 is 10.6 Å². The van der Waals surface area contributed by atoms with Crippen LogP contribution in [-0.4, -0.2) is 12.1 Å². The minimum absolute atomic E-state index is 0.546. The Bertz CT molecular complexity index is 602. The maximum absolute atomic E-state index is 3.77. The third-order valence-electron chi connectivity index (χ3n) is 4.68. The first-order chi connectivity index (χ1) is 11.7. The van der Waals surface area contributed by atoms with Crippen molar-refractivity contribution in [2.24, 2.45) is 0 Å². The first kappa shape index (κ1) is 18.1. The van der Waals surface area contributed by atoms with Crippen molar-refractivity contribution in [3.8, 4) is 0 Å². The zero-order valence-electron chi connectivity index (χ0n) is 13.8. The van der Waals surface area contributed by atoms with Crippen LogP contribution >= 0.6 is 31.9 Å². The summed E-state index contributed by atoms with van der Waals surface area (Å²) in [5.74, 6) is 0. The summed E-state index contributed by atoms with van der Waals surface area (Å²) < 4.78 is 2.30. The molecule has 1 fully saturated rings. The lowest BCUT2D eigenvalue weighted by molar-refractivity contribution is 0.281. The molecule has 1 aliphatic rings. The van der Waals surface area contributed by atoms with Crippen molar-refractivity contribution in [2.45, 2.75) is 50.9 Å². The average Bonchev–Trinajstić information content (AvgIpc) is 2.59. The fourth-order valence-corrected chi connectivity index (χ4v) is 4.30. The smallest absolute Gasteiger partial charge is 0.0224 e. The van der Waals surface area contributed by atoms with Crippen molar-refractivity contribution >= 4 is 31.9 Å². The van der Waals surface area contributed by atoms with Crippen LogP contribution in [0.25, 0.3) is 0 Å². The first-order valence-electron chi connectivity index (χ1n) is 8.66. The molecule has 0 bridgehead atoms. The van der Waals surface area contributed by atoms with Gasteiger partial charge in [-0.15, -0.1) is 0 Å². The van der Waals surface area contributed by atoms with Gasteiger partial charge >= 0.3 is 0 Å². The summed E-state index contributed by atoms with van der Waals surface area (Å²) in [6, 6.07) is 18.2. The highest BCUT2D eigenvalue weighted by atomic mass is 79.9. The standard InChI is InChI=1S/C20H24Br2N2/c21-17-7-3-5-15(11-17)13-23-19-9-1-2-10-20(19)24-14-16-6-4-8-18(22)12-16/h3-8,11-12,19-20,23-24H,1-2,9-10,13-14H2/t19-,20-/m0/s1. The van der Waals surface area contributed by atoms with E-state index in [1.165, 1.54) is 36.8 Å². The van der Waals surface area contributed by atoms with E-state index in [0.717, 1.165) is 22.0 Å². The van der Waals surface area contributed by atoms with E-state index in [2.05, 4.69) is 91.0 Å². The van der Waals surface area contributed by atoms with Crippen LogP contribution in [0.1, 0.15) is 36.8 Å². The molecule has 2 N–H and O–H groups in total. The maximum Gasteiger partial charge on any atom is 0.0224 e. The van der Waals surface area contributed by atoms with Crippen molar-refractivity contribution < 1.29 is 0 Å². The lowest BCUT2D eigenvalue weighted by Crippen LogP contribution is -2.49. The van der Waals surface area contributed by atoms with Gasteiger partial charge in [0.1, 0.15) is 0 Å². The van der Waals surface area contributed by atoms with Gasteiger partial charge in [0.15, 0.2) is 0 Å². The topological polar surface area (TPSA) is 24.1 Å². The summed E-state index contributed by atoms with van der Waals surface area (Å²) >= 11 is 7.11. The molecule has 24 heavy (non-hydrogen) atoms. The number of rotatable bonds is 6. The monoisotopic (exact) mass is 450 g/mol. The van der Waals surface area contributed by atoms with Crippen LogP contribution in [0.15, 0.2) is 57.5 Å². The van der Waals surface area contributed by atoms with Crippen LogP contribution in [0.4, 0.5) is 0 Å². The van der Waals surface area contributed by atoms with Crippen LogP contribution < -0.4 is 10.6 Å². The molecule has 0 amide bonds. The fourth-order valence-electron chi connectivity index (χ4n) is 3.41. The Kier molecular flexibility index (Phi) is 6.90. The Morgan fingerprint density at radius 2 is 1.21 bits per heavy atom. The molecule has 1 aliphatic carbocycles. The van der Waals surface area contributed by atoms with Gasteiger partial charge in [0.25, 0.3) is 0 Å². The Labute approximate surface area is 161 Å². The summed E-state index contributed by atoms with van der Waals surface area (Å²) in [6.45, 7) is 1.86. The molecule has 3 rings (SSSR count). The summed E-state index contributed by atoms with van der Waals surface area (Å²) in [5.41, 5.74) is 2.67. The third-order valence-corrected chi connectivity index (χ3v) is 5.67. The number of nitrogens with one attached hydrogen (secondary N) is 2. The Morgan fingerprint density at radius 1 is 0.750 bits per heavy atom. The van der Waals surface area contributed by atoms with Crippen LogP contribution in [0.3, 0.4) is 0 Å². The first-order valence-corrected chi connectivity index (χ1v) is 10.2. The van der Waals surface area contributed by atoms with Gasteiger partial charge in [0.2, 0.25) is 0 Å². The molecule has 2 aromatic carbocycles. The molecule has 1 saturated carbocycles. The Morgan fingerprint density at radius 3 is 1.62 bits per heavy atom. The van der Waals surface area contributed by atoms with E-state index in [4.69, 9.17) is 0 Å². The second kappa shape index (κ2) is 9.14. The highest BCUT2D eigenvalue weighted by molar-refractivity contribution is 9.10. The summed E-state index contributed by atoms with van der Waals surface area (Å²) in [4.78, 5) is 0. The zero-order valence-corrected chi connectivity index (χ0v) is 16.9. The Hall–Kier alpha value is -0.680. The normalized spacial score (nSPS) is 20.9. The number of hydrogen-bond donors (Lipinski definition) is 2. The predicted molar refractivity (Wildman–Crippen MR) is 108 cm³/mol. The highest BCUT2D eigenvalue weighted by Gasteiger charge is 2.24. The minimum Gasteiger partial charge on any atom is -0.308 e. The quantitative estimate of drug-likeness (QED) is 0.614. The minimum atomic E-state index is 0.546. The predicted octanol–water partition coefficient (Wildman–Crippen LogP) is 5.40. The van der Waals surface area contributed by atoms with Gasteiger partial charge in [-0.2, -0.15) is 0 Å². The lowest BCUT2D eigenvalue weighted by atomic mass is 9.90. The van der Waals surface area contributed by atoms with Crippen LogP contribution in [0.5, 0.6) is 0 Å². The van der Waals surface area contributed by atoms with Gasteiger partial charge in [0.05, 0.1) is 0 Å². The van der Waals surface area contributed by atoms with E-state index >= 15 is 0 Å². The molecule has 2 atom stereocenters. The fraction of sp³-hybridized carbons (Fsp3) is 0.400. The van der Waals surface area contributed by atoms with Crippen LogP contribution in [0.2, 0.25) is 0 Å². The number of benzene rings is 2. The molecule has 2 nitrogen and oxygen atoms in total. The molecular formula is C20H24Br2N2. The molecule has 0 radical (unpaired) electrons. The van der Waals surface area contributed by atoms with Crippen molar-refractivity contribution in [3.05, 3.63) is 68.6 Å². The molecule has 0 heterocycles. The number of hydrogen-bond acceptors (Lipinski definition) is 2. The van der Waals surface area contributed by atoms with E-state index in [0.29, 0.717) is 12.1 Å². The molecule has 128 valence electrons.